The van der Waals surface area contributed by atoms with Crippen molar-refractivity contribution in [3.8, 4) is 0 Å². The molecule has 0 radical (unpaired) electrons. The van der Waals surface area contributed by atoms with Gasteiger partial charge in [0.15, 0.2) is 6.10 Å². The molecular formula is C36H62N2O8. The topological polar surface area (TPSA) is 128 Å². The molecule has 2 amide bonds. The molecule has 264 valence electrons. The number of likely N-dealkylation sites (tertiary alicyclic amines) is 1. The third-order valence-electron chi connectivity index (χ3n) is 8.29. The van der Waals surface area contributed by atoms with Gasteiger partial charge in [-0.25, -0.2) is 0 Å². The van der Waals surface area contributed by atoms with Crippen LogP contribution in [0, 0.1) is 5.41 Å². The molecule has 0 bridgehead atoms. The number of allylic oxidation sites excluding steroid dienone is 2. The molecule has 1 N–H and O–H groups in total. The van der Waals surface area contributed by atoms with Crippen LogP contribution in [-0.4, -0.2) is 73.1 Å². The summed E-state index contributed by atoms with van der Waals surface area (Å²) in [7, 11) is 0. The van der Waals surface area contributed by atoms with Gasteiger partial charge in [0, 0.05) is 38.8 Å². The van der Waals surface area contributed by atoms with Gasteiger partial charge in [-0.3, -0.25) is 24.0 Å². The molecule has 1 saturated heterocycles. The van der Waals surface area contributed by atoms with E-state index in [0.29, 0.717) is 13.0 Å². The number of nitrogens with one attached hydrogen (secondary N) is 1. The minimum absolute atomic E-state index is 0.0120. The highest BCUT2D eigenvalue weighted by molar-refractivity contribution is 5.84. The van der Waals surface area contributed by atoms with E-state index < -0.39 is 35.3 Å². The van der Waals surface area contributed by atoms with Crippen LogP contribution in [0.3, 0.4) is 0 Å². The van der Waals surface area contributed by atoms with Gasteiger partial charge in [0.05, 0.1) is 12.5 Å². The van der Waals surface area contributed by atoms with E-state index in [1.807, 2.05) is 4.90 Å². The van der Waals surface area contributed by atoms with E-state index >= 15 is 0 Å². The zero-order chi connectivity index (χ0) is 34.2. The number of ether oxygens (including phenoxy) is 3. The SMILES string of the molecule is CCCCCCCCC=CCCCCCCCC(=O)N1CCCC1COC(=O)CCNC(=O)C(OC(C)=O)C(C)(C)COC(C)=O. The average molecular weight is 651 g/mol. The summed E-state index contributed by atoms with van der Waals surface area (Å²) in [4.78, 5) is 62.6. The maximum Gasteiger partial charge on any atom is 0.307 e. The van der Waals surface area contributed by atoms with E-state index in [0.717, 1.165) is 38.5 Å². The predicted octanol–water partition coefficient (Wildman–Crippen LogP) is 6.59. The van der Waals surface area contributed by atoms with Crippen LogP contribution >= 0.6 is 0 Å². The van der Waals surface area contributed by atoms with Gasteiger partial charge in [-0.15, -0.1) is 0 Å². The fraction of sp³-hybridized carbons (Fsp3) is 0.806. The second-order valence-electron chi connectivity index (χ2n) is 13.2. The number of hydrogen-bond acceptors (Lipinski definition) is 8. The minimum Gasteiger partial charge on any atom is -0.465 e. The zero-order valence-electron chi connectivity index (χ0n) is 29.4. The van der Waals surface area contributed by atoms with Crippen molar-refractivity contribution >= 4 is 29.7 Å². The highest BCUT2D eigenvalue weighted by atomic mass is 16.6. The molecule has 1 rings (SSSR count). The Bertz CT molecular complexity index is 948. The van der Waals surface area contributed by atoms with Crippen LogP contribution in [0.25, 0.3) is 0 Å². The molecule has 1 heterocycles. The summed E-state index contributed by atoms with van der Waals surface area (Å²) in [6.45, 7) is 8.66. The van der Waals surface area contributed by atoms with Crippen LogP contribution in [0.5, 0.6) is 0 Å². The first kappa shape index (κ1) is 41.1. The van der Waals surface area contributed by atoms with Crippen molar-refractivity contribution in [3.05, 3.63) is 12.2 Å². The van der Waals surface area contributed by atoms with Gasteiger partial charge in [-0.05, 0) is 44.9 Å². The second-order valence-corrected chi connectivity index (χ2v) is 13.2. The third-order valence-corrected chi connectivity index (χ3v) is 8.29. The predicted molar refractivity (Wildman–Crippen MR) is 179 cm³/mol. The van der Waals surface area contributed by atoms with Crippen LogP contribution < -0.4 is 5.32 Å². The van der Waals surface area contributed by atoms with E-state index in [-0.39, 0.29) is 38.1 Å². The van der Waals surface area contributed by atoms with Gasteiger partial charge in [-0.1, -0.05) is 84.3 Å². The maximum absolute atomic E-state index is 12.9. The largest absolute Gasteiger partial charge is 0.465 e. The zero-order valence-corrected chi connectivity index (χ0v) is 29.4. The third kappa shape index (κ3) is 18.9. The first-order chi connectivity index (χ1) is 22.0. The van der Waals surface area contributed by atoms with Gasteiger partial charge in [0.1, 0.15) is 13.2 Å². The summed E-state index contributed by atoms with van der Waals surface area (Å²) < 4.78 is 15.7. The van der Waals surface area contributed by atoms with Crippen molar-refractivity contribution in [2.45, 2.75) is 156 Å². The molecule has 0 aromatic rings. The van der Waals surface area contributed by atoms with E-state index in [9.17, 15) is 24.0 Å². The Balaban J connectivity index is 2.24. The quantitative estimate of drug-likeness (QED) is 0.0508. The minimum atomic E-state index is -1.21. The Labute approximate surface area is 277 Å². The van der Waals surface area contributed by atoms with E-state index in [1.165, 1.54) is 71.6 Å². The summed E-state index contributed by atoms with van der Waals surface area (Å²) in [6.07, 6.45) is 21.4. The fourth-order valence-corrected chi connectivity index (χ4v) is 5.57. The van der Waals surface area contributed by atoms with Gasteiger partial charge < -0.3 is 24.4 Å². The Kier molecular flexibility index (Phi) is 21.7. The lowest BCUT2D eigenvalue weighted by Gasteiger charge is -2.31. The molecule has 0 aromatic heterocycles. The molecule has 0 aliphatic carbocycles. The first-order valence-corrected chi connectivity index (χ1v) is 17.7. The summed E-state index contributed by atoms with van der Waals surface area (Å²) >= 11 is 0. The molecule has 1 aliphatic rings. The molecule has 2 unspecified atom stereocenters. The Morgan fingerprint density at radius 2 is 1.43 bits per heavy atom. The van der Waals surface area contributed by atoms with Crippen molar-refractivity contribution in [1.82, 2.24) is 10.2 Å². The Morgan fingerprint density at radius 1 is 0.826 bits per heavy atom. The van der Waals surface area contributed by atoms with Crippen molar-refractivity contribution in [3.63, 3.8) is 0 Å². The second kappa shape index (κ2) is 24.3. The van der Waals surface area contributed by atoms with Gasteiger partial charge in [0.25, 0.3) is 5.91 Å². The maximum atomic E-state index is 12.9. The van der Waals surface area contributed by atoms with E-state index in [1.54, 1.807) is 13.8 Å². The van der Waals surface area contributed by atoms with Crippen molar-refractivity contribution in [2.75, 3.05) is 26.3 Å². The number of carbonyl (C=O) groups is 5. The summed E-state index contributed by atoms with van der Waals surface area (Å²) in [5.74, 6) is -2.12. The lowest BCUT2D eigenvalue weighted by atomic mass is 9.86. The van der Waals surface area contributed by atoms with Crippen LogP contribution in [0.15, 0.2) is 12.2 Å². The standard InChI is InChI=1S/C36H62N2O8/c1-6-7-8-9-10-11-12-13-14-15-16-17-18-19-20-23-32(41)38-26-21-22-31(38)27-44-33(42)24-25-37-35(43)34(46-30(3)40)36(4,5)28-45-29(2)39/h13-14,31,34H,6-12,15-28H2,1-5H3,(H,37,43). The number of nitrogens with zero attached hydrogens (tertiary/aromatic N) is 1. The molecule has 0 saturated carbocycles. The Hall–Kier alpha value is -2.91. The van der Waals surface area contributed by atoms with Crippen molar-refractivity contribution < 1.29 is 38.2 Å². The normalized spacial score (nSPS) is 15.5. The van der Waals surface area contributed by atoms with Gasteiger partial charge in [0.2, 0.25) is 5.91 Å². The molecule has 46 heavy (non-hydrogen) atoms. The molecule has 10 nitrogen and oxygen atoms in total. The van der Waals surface area contributed by atoms with Crippen LogP contribution in [-0.2, 0) is 38.2 Å². The number of esters is 3. The lowest BCUT2D eigenvalue weighted by molar-refractivity contribution is -0.166. The number of unbranched alkanes of at least 4 members (excludes halogenated alkanes) is 11. The highest BCUT2D eigenvalue weighted by Gasteiger charge is 2.39. The number of rotatable bonds is 25. The summed E-state index contributed by atoms with van der Waals surface area (Å²) in [6, 6.07) is -0.121. The lowest BCUT2D eigenvalue weighted by Crippen LogP contribution is -2.49. The van der Waals surface area contributed by atoms with E-state index in [4.69, 9.17) is 14.2 Å². The summed E-state index contributed by atoms with van der Waals surface area (Å²) in [5, 5.41) is 2.60. The number of carbonyl (C=O) groups excluding carboxylic acids is 5. The van der Waals surface area contributed by atoms with Gasteiger partial charge >= 0.3 is 17.9 Å². The van der Waals surface area contributed by atoms with Crippen LogP contribution in [0.1, 0.15) is 144 Å². The van der Waals surface area contributed by atoms with Gasteiger partial charge in [-0.2, -0.15) is 0 Å². The molecule has 2 atom stereocenters. The monoisotopic (exact) mass is 650 g/mol. The number of hydrogen-bond donors (Lipinski definition) is 1. The molecule has 1 fully saturated rings. The fourth-order valence-electron chi connectivity index (χ4n) is 5.57. The molecular weight excluding hydrogens is 588 g/mol. The molecule has 1 aliphatic heterocycles. The van der Waals surface area contributed by atoms with Crippen LogP contribution in [0.2, 0.25) is 0 Å². The van der Waals surface area contributed by atoms with Crippen molar-refractivity contribution in [2.24, 2.45) is 5.41 Å². The van der Waals surface area contributed by atoms with Crippen LogP contribution in [0.4, 0.5) is 0 Å². The van der Waals surface area contributed by atoms with Crippen molar-refractivity contribution in [1.29, 1.82) is 0 Å². The molecule has 0 aromatic carbocycles. The number of amides is 2. The smallest absolute Gasteiger partial charge is 0.307 e. The molecule has 0 spiro atoms. The molecule has 10 heteroatoms. The average Bonchev–Trinajstić information content (AvgIpc) is 3.48. The Morgan fingerprint density at radius 3 is 2.04 bits per heavy atom. The summed E-state index contributed by atoms with van der Waals surface area (Å²) in [5.41, 5.74) is -0.982. The highest BCUT2D eigenvalue weighted by Crippen LogP contribution is 2.25. The van der Waals surface area contributed by atoms with E-state index in [2.05, 4.69) is 24.4 Å². The first-order valence-electron chi connectivity index (χ1n) is 17.7.